The monoisotopic (exact) mass is 317 g/mol. The number of ether oxygens (including phenoxy) is 1. The third kappa shape index (κ3) is 5.58. The molecule has 0 aliphatic heterocycles. The number of hydrogen-bond acceptors (Lipinski definition) is 3. The number of halogens is 1. The number of nitrogens with zero attached hydrogens (tertiary/aromatic N) is 1. The molecule has 2 aromatic rings. The van der Waals surface area contributed by atoms with Crippen LogP contribution in [-0.4, -0.2) is 24.2 Å². The van der Waals surface area contributed by atoms with E-state index in [4.69, 9.17) is 4.74 Å². The largest absolute Gasteiger partial charge is 0.478 e. The highest BCUT2D eigenvalue weighted by atomic mass is 19.1. The highest BCUT2D eigenvalue weighted by molar-refractivity contribution is 5.73. The molecule has 6 heteroatoms. The fourth-order valence-corrected chi connectivity index (χ4v) is 2.03. The third-order valence-corrected chi connectivity index (χ3v) is 3.18. The van der Waals surface area contributed by atoms with Gasteiger partial charge in [0.25, 0.3) is 0 Å². The van der Waals surface area contributed by atoms with Crippen LogP contribution >= 0.6 is 0 Å². The highest BCUT2D eigenvalue weighted by Crippen LogP contribution is 2.13. The Morgan fingerprint density at radius 2 is 2.00 bits per heavy atom. The number of urea groups is 1. The fraction of sp³-hybridized carbons (Fsp3) is 0.294. The second-order valence-corrected chi connectivity index (χ2v) is 4.89. The summed E-state index contributed by atoms with van der Waals surface area (Å²) in [5.41, 5.74) is 1.79. The number of carbonyl (C=O) groups is 1. The molecule has 0 radical (unpaired) electrons. The number of carbonyl (C=O) groups excluding carboxylic acids is 1. The van der Waals surface area contributed by atoms with E-state index in [1.165, 1.54) is 12.1 Å². The van der Waals surface area contributed by atoms with Gasteiger partial charge in [0.05, 0.1) is 6.61 Å². The van der Waals surface area contributed by atoms with Gasteiger partial charge >= 0.3 is 6.03 Å². The van der Waals surface area contributed by atoms with Crippen LogP contribution in [0.2, 0.25) is 0 Å². The number of nitrogens with one attached hydrogen (secondary N) is 2. The summed E-state index contributed by atoms with van der Waals surface area (Å²) >= 11 is 0. The Bertz CT molecular complexity index is 632. The third-order valence-electron chi connectivity index (χ3n) is 3.18. The maximum absolute atomic E-state index is 12.8. The minimum atomic E-state index is -0.265. The molecule has 0 bridgehead atoms. The van der Waals surface area contributed by atoms with Crippen molar-refractivity contribution in [2.75, 3.05) is 13.2 Å². The molecule has 2 rings (SSSR count). The molecule has 0 aliphatic rings. The van der Waals surface area contributed by atoms with Gasteiger partial charge in [-0.15, -0.1) is 0 Å². The summed E-state index contributed by atoms with van der Waals surface area (Å²) in [5, 5.41) is 5.53. The summed E-state index contributed by atoms with van der Waals surface area (Å²) in [5.74, 6) is 0.266. The van der Waals surface area contributed by atoms with E-state index in [1.54, 1.807) is 24.4 Å². The van der Waals surface area contributed by atoms with Crippen molar-refractivity contribution in [2.24, 2.45) is 0 Å². The SMILES string of the molecule is CCOc1ncccc1CNC(=O)NCCc1ccc(F)cc1. The molecule has 0 aliphatic carbocycles. The number of amides is 2. The van der Waals surface area contributed by atoms with E-state index in [1.807, 2.05) is 13.0 Å². The summed E-state index contributed by atoms with van der Waals surface area (Å²) in [6.45, 7) is 3.22. The lowest BCUT2D eigenvalue weighted by Gasteiger charge is -2.10. The molecule has 1 heterocycles. The molecule has 0 atom stereocenters. The summed E-state index contributed by atoms with van der Waals surface area (Å²) in [6, 6.07) is 9.62. The van der Waals surface area contributed by atoms with Crippen LogP contribution < -0.4 is 15.4 Å². The number of benzene rings is 1. The normalized spacial score (nSPS) is 10.2. The van der Waals surface area contributed by atoms with E-state index in [-0.39, 0.29) is 11.8 Å². The number of aromatic nitrogens is 1. The first-order chi connectivity index (χ1) is 11.2. The van der Waals surface area contributed by atoms with Gasteiger partial charge in [-0.05, 0) is 37.1 Å². The van der Waals surface area contributed by atoms with E-state index in [9.17, 15) is 9.18 Å². The van der Waals surface area contributed by atoms with Crippen molar-refractivity contribution in [3.8, 4) is 5.88 Å². The van der Waals surface area contributed by atoms with Gasteiger partial charge in [0.1, 0.15) is 5.82 Å². The van der Waals surface area contributed by atoms with Crippen LogP contribution in [-0.2, 0) is 13.0 Å². The van der Waals surface area contributed by atoms with Gasteiger partial charge in [0, 0.05) is 24.8 Å². The Hall–Kier alpha value is -2.63. The van der Waals surface area contributed by atoms with Crippen molar-refractivity contribution in [2.45, 2.75) is 19.9 Å². The summed E-state index contributed by atoms with van der Waals surface area (Å²) in [4.78, 5) is 15.9. The molecular weight excluding hydrogens is 297 g/mol. The van der Waals surface area contributed by atoms with Crippen molar-refractivity contribution >= 4 is 6.03 Å². The summed E-state index contributed by atoms with van der Waals surface area (Å²) < 4.78 is 18.2. The average Bonchev–Trinajstić information content (AvgIpc) is 2.56. The Balaban J connectivity index is 1.74. The molecule has 0 saturated heterocycles. The van der Waals surface area contributed by atoms with Crippen LogP contribution in [0.4, 0.5) is 9.18 Å². The van der Waals surface area contributed by atoms with Crippen molar-refractivity contribution < 1.29 is 13.9 Å². The summed E-state index contributed by atoms with van der Waals surface area (Å²) in [7, 11) is 0. The van der Waals surface area contributed by atoms with Gasteiger partial charge in [-0.25, -0.2) is 14.2 Å². The van der Waals surface area contributed by atoms with Gasteiger partial charge in [-0.2, -0.15) is 0 Å². The number of pyridine rings is 1. The number of hydrogen-bond donors (Lipinski definition) is 2. The van der Waals surface area contributed by atoms with Crippen LogP contribution in [0.15, 0.2) is 42.6 Å². The topological polar surface area (TPSA) is 63.2 Å². The van der Waals surface area contributed by atoms with Crippen molar-refractivity contribution in [1.29, 1.82) is 0 Å². The molecule has 0 fully saturated rings. The second-order valence-electron chi connectivity index (χ2n) is 4.89. The molecule has 122 valence electrons. The molecule has 0 spiro atoms. The predicted molar refractivity (Wildman–Crippen MR) is 85.7 cm³/mol. The van der Waals surface area contributed by atoms with Crippen LogP contribution in [0.3, 0.4) is 0 Å². The zero-order chi connectivity index (χ0) is 16.5. The average molecular weight is 317 g/mol. The lowest BCUT2D eigenvalue weighted by molar-refractivity contribution is 0.240. The Kier molecular flexibility index (Phi) is 6.35. The molecule has 2 N–H and O–H groups in total. The van der Waals surface area contributed by atoms with Crippen molar-refractivity contribution in [3.63, 3.8) is 0 Å². The van der Waals surface area contributed by atoms with Crippen LogP contribution in [0.5, 0.6) is 5.88 Å². The maximum Gasteiger partial charge on any atom is 0.315 e. The Labute approximate surface area is 134 Å². The molecule has 2 amide bonds. The van der Waals surface area contributed by atoms with E-state index in [0.29, 0.717) is 32.0 Å². The highest BCUT2D eigenvalue weighted by Gasteiger charge is 2.06. The zero-order valence-electron chi connectivity index (χ0n) is 13.0. The van der Waals surface area contributed by atoms with Gasteiger partial charge < -0.3 is 15.4 Å². The molecular formula is C17H20FN3O2. The van der Waals surface area contributed by atoms with Gasteiger partial charge in [0.2, 0.25) is 5.88 Å². The smallest absolute Gasteiger partial charge is 0.315 e. The first-order valence-electron chi connectivity index (χ1n) is 7.52. The quantitative estimate of drug-likeness (QED) is 0.825. The molecule has 0 unspecified atom stereocenters. The van der Waals surface area contributed by atoms with Crippen molar-refractivity contribution in [1.82, 2.24) is 15.6 Å². The van der Waals surface area contributed by atoms with Crippen LogP contribution in [0.1, 0.15) is 18.1 Å². The second kappa shape index (κ2) is 8.73. The van der Waals surface area contributed by atoms with E-state index in [0.717, 1.165) is 11.1 Å². The van der Waals surface area contributed by atoms with E-state index < -0.39 is 0 Å². The van der Waals surface area contributed by atoms with Gasteiger partial charge in [-0.1, -0.05) is 18.2 Å². The van der Waals surface area contributed by atoms with E-state index in [2.05, 4.69) is 15.6 Å². The molecule has 0 saturated carbocycles. The van der Waals surface area contributed by atoms with E-state index >= 15 is 0 Å². The maximum atomic E-state index is 12.8. The summed E-state index contributed by atoms with van der Waals surface area (Å²) in [6.07, 6.45) is 2.29. The van der Waals surface area contributed by atoms with Gasteiger partial charge in [0.15, 0.2) is 0 Å². The lowest BCUT2D eigenvalue weighted by atomic mass is 10.1. The van der Waals surface area contributed by atoms with Gasteiger partial charge in [-0.3, -0.25) is 0 Å². The fourth-order valence-electron chi connectivity index (χ4n) is 2.03. The first-order valence-corrected chi connectivity index (χ1v) is 7.52. The Morgan fingerprint density at radius 1 is 1.22 bits per heavy atom. The molecule has 5 nitrogen and oxygen atoms in total. The Morgan fingerprint density at radius 3 is 2.74 bits per heavy atom. The predicted octanol–water partition coefficient (Wildman–Crippen LogP) is 2.66. The standard InChI is InChI=1S/C17H20FN3O2/c1-2-23-16-14(4-3-10-19-16)12-21-17(22)20-11-9-13-5-7-15(18)8-6-13/h3-8,10H,2,9,11-12H2,1H3,(H2,20,21,22). The number of rotatable bonds is 7. The first kappa shape index (κ1) is 16.7. The minimum Gasteiger partial charge on any atom is -0.478 e. The van der Waals surface area contributed by atoms with Crippen LogP contribution in [0, 0.1) is 5.82 Å². The molecule has 1 aromatic carbocycles. The molecule has 23 heavy (non-hydrogen) atoms. The minimum absolute atomic E-state index is 0.263. The van der Waals surface area contributed by atoms with Crippen molar-refractivity contribution in [3.05, 3.63) is 59.5 Å². The van der Waals surface area contributed by atoms with Crippen LogP contribution in [0.25, 0.3) is 0 Å². The lowest BCUT2D eigenvalue weighted by Crippen LogP contribution is -2.36. The molecule has 1 aromatic heterocycles. The zero-order valence-corrected chi connectivity index (χ0v) is 13.0.